The first-order chi connectivity index (χ1) is 13.0. The maximum absolute atomic E-state index is 12.6. The molecular weight excluding hydrogens is 342 g/mol. The lowest BCUT2D eigenvalue weighted by atomic mass is 10.1. The third kappa shape index (κ3) is 4.67. The number of hydrogen-bond donors (Lipinski definition) is 0. The molecule has 0 spiro atoms. The van der Waals surface area contributed by atoms with Gasteiger partial charge in [-0.25, -0.2) is 0 Å². The molecule has 3 amide bonds. The normalized spacial score (nSPS) is 21.0. The Labute approximate surface area is 161 Å². The molecule has 2 heterocycles. The van der Waals surface area contributed by atoms with Gasteiger partial charge >= 0.3 is 0 Å². The zero-order valence-electron chi connectivity index (χ0n) is 16.3. The summed E-state index contributed by atoms with van der Waals surface area (Å²) < 4.78 is 0. The Morgan fingerprint density at radius 3 is 2.56 bits per heavy atom. The van der Waals surface area contributed by atoms with Gasteiger partial charge < -0.3 is 14.7 Å². The molecule has 1 unspecified atom stereocenters. The highest BCUT2D eigenvalue weighted by Gasteiger charge is 2.33. The van der Waals surface area contributed by atoms with Gasteiger partial charge in [-0.2, -0.15) is 0 Å². The Morgan fingerprint density at radius 1 is 1.11 bits per heavy atom. The Kier molecular flexibility index (Phi) is 6.14. The number of amides is 3. The summed E-state index contributed by atoms with van der Waals surface area (Å²) in [6.07, 6.45) is 3.68. The standard InChI is InChI=1S/C21H29N3O3/c1-16-8-10-18(11-9-16)24-14-17(2)23(15-21(24)27)20(26)7-5-13-22-12-4-3-6-19(22)25/h8-11,17H,3-7,12-15H2,1-2H3. The van der Waals surface area contributed by atoms with Crippen molar-refractivity contribution < 1.29 is 14.4 Å². The second-order valence-electron chi connectivity index (χ2n) is 7.65. The topological polar surface area (TPSA) is 60.9 Å². The number of piperazine rings is 1. The minimum absolute atomic E-state index is 0.00358. The summed E-state index contributed by atoms with van der Waals surface area (Å²) in [5.41, 5.74) is 2.04. The van der Waals surface area contributed by atoms with E-state index < -0.39 is 0 Å². The van der Waals surface area contributed by atoms with Gasteiger partial charge in [0, 0.05) is 44.2 Å². The van der Waals surface area contributed by atoms with Crippen molar-refractivity contribution >= 4 is 23.4 Å². The third-order valence-electron chi connectivity index (χ3n) is 5.49. The van der Waals surface area contributed by atoms with E-state index >= 15 is 0 Å². The van der Waals surface area contributed by atoms with Crippen molar-refractivity contribution in [2.75, 3.05) is 31.1 Å². The number of carbonyl (C=O) groups is 3. The lowest BCUT2D eigenvalue weighted by Gasteiger charge is -2.39. The fraction of sp³-hybridized carbons (Fsp3) is 0.571. The largest absolute Gasteiger partial charge is 0.343 e. The predicted molar refractivity (Wildman–Crippen MR) is 104 cm³/mol. The number of rotatable bonds is 5. The molecule has 0 aromatic heterocycles. The van der Waals surface area contributed by atoms with Crippen LogP contribution in [0.1, 0.15) is 44.6 Å². The van der Waals surface area contributed by atoms with Crippen molar-refractivity contribution in [2.45, 2.75) is 52.0 Å². The van der Waals surface area contributed by atoms with Crippen LogP contribution in [0.25, 0.3) is 0 Å². The van der Waals surface area contributed by atoms with E-state index in [0.29, 0.717) is 32.4 Å². The number of aryl methyl sites for hydroxylation is 1. The van der Waals surface area contributed by atoms with Crippen molar-refractivity contribution in [1.29, 1.82) is 0 Å². The number of likely N-dealkylation sites (tertiary alicyclic amines) is 1. The number of carbonyl (C=O) groups excluding carboxylic acids is 3. The predicted octanol–water partition coefficient (Wildman–Crippen LogP) is 2.35. The van der Waals surface area contributed by atoms with E-state index in [0.717, 1.165) is 30.6 Å². The van der Waals surface area contributed by atoms with Crippen LogP contribution >= 0.6 is 0 Å². The maximum Gasteiger partial charge on any atom is 0.246 e. The number of piperidine rings is 1. The molecule has 1 aromatic carbocycles. The Bertz CT molecular complexity index is 701. The molecule has 2 fully saturated rings. The maximum atomic E-state index is 12.6. The lowest BCUT2D eigenvalue weighted by Crippen LogP contribution is -2.57. The van der Waals surface area contributed by atoms with Crippen molar-refractivity contribution in [3.63, 3.8) is 0 Å². The van der Waals surface area contributed by atoms with E-state index in [4.69, 9.17) is 0 Å². The van der Waals surface area contributed by atoms with Gasteiger partial charge in [-0.15, -0.1) is 0 Å². The second-order valence-corrected chi connectivity index (χ2v) is 7.65. The molecule has 6 heteroatoms. The van der Waals surface area contributed by atoms with Crippen LogP contribution in [0.5, 0.6) is 0 Å². The minimum Gasteiger partial charge on any atom is -0.343 e. The van der Waals surface area contributed by atoms with Crippen LogP contribution in [0, 0.1) is 6.92 Å². The molecule has 3 rings (SSSR count). The summed E-state index contributed by atoms with van der Waals surface area (Å²) in [6.45, 7) is 6.07. The summed E-state index contributed by atoms with van der Waals surface area (Å²) >= 11 is 0. The molecule has 1 aromatic rings. The quantitative estimate of drug-likeness (QED) is 0.798. The SMILES string of the molecule is Cc1ccc(N2CC(C)N(C(=O)CCCN3CCCCC3=O)CC2=O)cc1. The molecule has 2 saturated heterocycles. The van der Waals surface area contributed by atoms with Crippen LogP contribution < -0.4 is 4.90 Å². The molecule has 0 saturated carbocycles. The molecule has 0 N–H and O–H groups in total. The van der Waals surface area contributed by atoms with E-state index in [9.17, 15) is 14.4 Å². The molecule has 0 aliphatic carbocycles. The minimum atomic E-state index is -0.0449. The molecule has 0 radical (unpaired) electrons. The van der Waals surface area contributed by atoms with E-state index in [1.54, 1.807) is 9.80 Å². The average Bonchev–Trinajstić information content (AvgIpc) is 2.65. The van der Waals surface area contributed by atoms with Crippen molar-refractivity contribution in [2.24, 2.45) is 0 Å². The second kappa shape index (κ2) is 8.55. The van der Waals surface area contributed by atoms with Crippen LogP contribution in [-0.2, 0) is 14.4 Å². The van der Waals surface area contributed by atoms with E-state index in [-0.39, 0.29) is 30.3 Å². The average molecular weight is 371 g/mol. The lowest BCUT2D eigenvalue weighted by molar-refractivity contribution is -0.140. The Morgan fingerprint density at radius 2 is 1.85 bits per heavy atom. The molecule has 2 aliphatic heterocycles. The Balaban J connectivity index is 1.52. The number of nitrogens with zero attached hydrogens (tertiary/aromatic N) is 3. The van der Waals surface area contributed by atoms with Gasteiger partial charge in [0.15, 0.2) is 0 Å². The van der Waals surface area contributed by atoms with Crippen LogP contribution in [0.15, 0.2) is 24.3 Å². The smallest absolute Gasteiger partial charge is 0.246 e. The van der Waals surface area contributed by atoms with Gasteiger partial charge in [0.25, 0.3) is 0 Å². The van der Waals surface area contributed by atoms with Crippen molar-refractivity contribution in [3.05, 3.63) is 29.8 Å². The molecule has 0 bridgehead atoms. The van der Waals surface area contributed by atoms with E-state index in [1.807, 2.05) is 43.0 Å². The monoisotopic (exact) mass is 371 g/mol. The first kappa shape index (κ1) is 19.4. The molecule has 2 aliphatic rings. The summed E-state index contributed by atoms with van der Waals surface area (Å²) in [5.74, 6) is 0.157. The van der Waals surface area contributed by atoms with Crippen molar-refractivity contribution in [3.8, 4) is 0 Å². The van der Waals surface area contributed by atoms with Crippen LogP contribution in [0.4, 0.5) is 5.69 Å². The molecule has 27 heavy (non-hydrogen) atoms. The highest BCUT2D eigenvalue weighted by Crippen LogP contribution is 2.21. The van der Waals surface area contributed by atoms with E-state index in [1.165, 1.54) is 0 Å². The van der Waals surface area contributed by atoms with Gasteiger partial charge in [0.1, 0.15) is 6.54 Å². The van der Waals surface area contributed by atoms with Crippen molar-refractivity contribution in [1.82, 2.24) is 9.80 Å². The van der Waals surface area contributed by atoms with Gasteiger partial charge in [0.2, 0.25) is 17.7 Å². The van der Waals surface area contributed by atoms with Gasteiger partial charge in [-0.1, -0.05) is 17.7 Å². The summed E-state index contributed by atoms with van der Waals surface area (Å²) in [5, 5.41) is 0. The zero-order chi connectivity index (χ0) is 19.4. The molecular formula is C21H29N3O3. The first-order valence-electron chi connectivity index (χ1n) is 9.90. The summed E-state index contributed by atoms with van der Waals surface area (Å²) in [7, 11) is 0. The highest BCUT2D eigenvalue weighted by atomic mass is 16.2. The van der Waals surface area contributed by atoms with Gasteiger partial charge in [0.05, 0.1) is 0 Å². The number of benzene rings is 1. The van der Waals surface area contributed by atoms with Crippen LogP contribution in [-0.4, -0.2) is 59.7 Å². The van der Waals surface area contributed by atoms with Gasteiger partial charge in [-0.05, 0) is 45.2 Å². The Hall–Kier alpha value is -2.37. The van der Waals surface area contributed by atoms with Crippen LogP contribution in [0.3, 0.4) is 0 Å². The highest BCUT2D eigenvalue weighted by molar-refractivity contribution is 5.98. The summed E-state index contributed by atoms with van der Waals surface area (Å²) in [6, 6.07) is 7.87. The number of anilines is 1. The fourth-order valence-electron chi connectivity index (χ4n) is 3.82. The van der Waals surface area contributed by atoms with Crippen LogP contribution in [0.2, 0.25) is 0 Å². The summed E-state index contributed by atoms with van der Waals surface area (Å²) in [4.78, 5) is 42.4. The third-order valence-corrected chi connectivity index (χ3v) is 5.49. The molecule has 146 valence electrons. The zero-order valence-corrected chi connectivity index (χ0v) is 16.3. The molecule has 6 nitrogen and oxygen atoms in total. The number of hydrogen-bond acceptors (Lipinski definition) is 3. The van der Waals surface area contributed by atoms with Gasteiger partial charge in [-0.3, -0.25) is 14.4 Å². The first-order valence-corrected chi connectivity index (χ1v) is 9.90. The van der Waals surface area contributed by atoms with E-state index in [2.05, 4.69) is 0 Å². The fourth-order valence-corrected chi connectivity index (χ4v) is 3.82. The molecule has 1 atom stereocenters.